The fourth-order valence-electron chi connectivity index (χ4n) is 14.4. The van der Waals surface area contributed by atoms with Crippen molar-refractivity contribution in [3.63, 3.8) is 0 Å². The van der Waals surface area contributed by atoms with E-state index in [-0.39, 0.29) is 5.41 Å². The van der Waals surface area contributed by atoms with E-state index in [4.69, 9.17) is 0 Å². The van der Waals surface area contributed by atoms with E-state index in [9.17, 15) is 0 Å². The maximum Gasteiger partial charge on any atom is 0.0541 e. The number of nitrogens with zero attached hydrogens (tertiary/aromatic N) is 2. The molecular formula is C62H46N2. The van der Waals surface area contributed by atoms with E-state index in [0.29, 0.717) is 0 Å². The van der Waals surface area contributed by atoms with Crippen LogP contribution in [-0.2, 0) is 5.41 Å². The Hall–Kier alpha value is -7.16. The van der Waals surface area contributed by atoms with Gasteiger partial charge in [0, 0.05) is 38.3 Å². The van der Waals surface area contributed by atoms with E-state index >= 15 is 0 Å². The second-order valence-corrected chi connectivity index (χ2v) is 19.7. The molecule has 64 heavy (non-hydrogen) atoms. The van der Waals surface area contributed by atoms with Gasteiger partial charge < -0.3 is 9.13 Å². The molecule has 0 atom stereocenters. The average Bonchev–Trinajstić information content (AvgIpc) is 3.96. The molecule has 0 amide bonds. The summed E-state index contributed by atoms with van der Waals surface area (Å²) in [4.78, 5) is 0. The fourth-order valence-corrected chi connectivity index (χ4v) is 14.4. The van der Waals surface area contributed by atoms with Crippen LogP contribution in [0.15, 0.2) is 194 Å². The van der Waals surface area contributed by atoms with E-state index in [2.05, 4.69) is 203 Å². The van der Waals surface area contributed by atoms with Crippen molar-refractivity contribution < 1.29 is 0 Å². The van der Waals surface area contributed by atoms with Gasteiger partial charge in [0.15, 0.2) is 0 Å². The first-order chi connectivity index (χ1) is 31.7. The highest BCUT2D eigenvalue weighted by Crippen LogP contribution is 2.69. The standard InChI is InChI=1S/C62H46N2/c1-2-15-48-40(11-1)12-10-19-49(48)43-13-9-14-46(34-43)63-58-21-7-4-17-52(58)54-35-41(23-27-60(54)63)42-24-28-61-55(36-42)53-18-5-8-22-59(53)64(61)47-25-26-51-50-16-3-6-20-56(50)62(57(51)37-47)44-30-38-29-39(32-44)33-45(62)31-38/h1-28,34-39,44-45H,29-33H2. The van der Waals surface area contributed by atoms with E-state index in [1.54, 1.807) is 11.1 Å². The van der Waals surface area contributed by atoms with Crippen molar-refractivity contribution in [3.8, 4) is 44.8 Å². The van der Waals surface area contributed by atoms with Gasteiger partial charge in [-0.15, -0.1) is 0 Å². The molecule has 0 N–H and O–H groups in total. The van der Waals surface area contributed by atoms with Gasteiger partial charge in [0.25, 0.3) is 0 Å². The predicted molar refractivity (Wildman–Crippen MR) is 267 cm³/mol. The molecule has 304 valence electrons. The van der Waals surface area contributed by atoms with Crippen LogP contribution >= 0.6 is 0 Å². The van der Waals surface area contributed by atoms with Crippen LogP contribution in [0.3, 0.4) is 0 Å². The third-order valence-corrected chi connectivity index (χ3v) is 16.7. The minimum Gasteiger partial charge on any atom is -0.309 e. The first kappa shape index (κ1) is 35.3. The number of fused-ring (bicyclic) bond motifs is 10. The van der Waals surface area contributed by atoms with Gasteiger partial charge in [0.1, 0.15) is 0 Å². The zero-order valence-corrected chi connectivity index (χ0v) is 35.7. The third kappa shape index (κ3) is 4.70. The first-order valence-corrected chi connectivity index (χ1v) is 23.6. The topological polar surface area (TPSA) is 9.86 Å². The smallest absolute Gasteiger partial charge is 0.0541 e. The number of rotatable bonds is 4. The SMILES string of the molecule is c1cc(-c2cccc3ccccc23)cc(-n2c3ccccc3c3cc(-c4ccc5c(c4)c4ccccc4n5-c4ccc5c(c4)C4(c6ccccc6-5)C5CC6CC(C5)CC4C6)ccc32)c1. The summed E-state index contributed by atoms with van der Waals surface area (Å²) in [6, 6.07) is 73.6. The summed E-state index contributed by atoms with van der Waals surface area (Å²) in [6.07, 6.45) is 7.06. The first-order valence-electron chi connectivity index (χ1n) is 23.6. The van der Waals surface area contributed by atoms with Crippen molar-refractivity contribution in [3.05, 3.63) is 205 Å². The van der Waals surface area contributed by atoms with Crippen LogP contribution in [0.1, 0.15) is 43.2 Å². The molecule has 2 heterocycles. The summed E-state index contributed by atoms with van der Waals surface area (Å²) < 4.78 is 5.01. The summed E-state index contributed by atoms with van der Waals surface area (Å²) in [5.41, 5.74) is 18.7. The largest absolute Gasteiger partial charge is 0.309 e. The Morgan fingerprint density at radius 3 is 1.56 bits per heavy atom. The summed E-state index contributed by atoms with van der Waals surface area (Å²) >= 11 is 0. The van der Waals surface area contributed by atoms with E-state index in [1.807, 2.05) is 0 Å². The summed E-state index contributed by atoms with van der Waals surface area (Å²) in [7, 11) is 0. The van der Waals surface area contributed by atoms with Gasteiger partial charge in [-0.05, 0) is 172 Å². The van der Waals surface area contributed by atoms with Crippen LogP contribution < -0.4 is 0 Å². The Labute approximate surface area is 373 Å². The normalized spacial score (nSPS) is 21.8. The van der Waals surface area contributed by atoms with Crippen molar-refractivity contribution in [1.82, 2.24) is 9.13 Å². The lowest BCUT2D eigenvalue weighted by molar-refractivity contribution is -0.0399. The Morgan fingerprint density at radius 1 is 0.328 bits per heavy atom. The van der Waals surface area contributed by atoms with Crippen LogP contribution in [-0.4, -0.2) is 9.13 Å². The molecular weight excluding hydrogens is 773 g/mol. The van der Waals surface area contributed by atoms with Gasteiger partial charge in [-0.25, -0.2) is 0 Å². The minimum atomic E-state index is 0.142. The molecule has 4 fully saturated rings. The van der Waals surface area contributed by atoms with Crippen molar-refractivity contribution >= 4 is 54.4 Å². The van der Waals surface area contributed by atoms with Crippen LogP contribution in [0.4, 0.5) is 0 Å². The molecule has 0 radical (unpaired) electrons. The summed E-state index contributed by atoms with van der Waals surface area (Å²) in [5.74, 6) is 3.34. The van der Waals surface area contributed by atoms with Crippen molar-refractivity contribution in [2.75, 3.05) is 0 Å². The lowest BCUT2D eigenvalue weighted by atomic mass is 9.43. The molecule has 11 aromatic rings. The number of para-hydroxylation sites is 2. The van der Waals surface area contributed by atoms with Gasteiger partial charge >= 0.3 is 0 Å². The molecule has 2 heteroatoms. The summed E-state index contributed by atoms with van der Waals surface area (Å²) in [5, 5.41) is 7.67. The number of benzene rings is 9. The number of hydrogen-bond donors (Lipinski definition) is 0. The van der Waals surface area contributed by atoms with Crippen LogP contribution in [0, 0.1) is 23.7 Å². The quantitative estimate of drug-likeness (QED) is 0.167. The van der Waals surface area contributed by atoms with Gasteiger partial charge in [-0.1, -0.05) is 133 Å². The number of aromatic nitrogens is 2. The highest BCUT2D eigenvalue weighted by atomic mass is 15.0. The lowest BCUT2D eigenvalue weighted by Crippen LogP contribution is -2.55. The van der Waals surface area contributed by atoms with Gasteiger partial charge in [0.05, 0.1) is 22.1 Å². The van der Waals surface area contributed by atoms with Gasteiger partial charge in [-0.3, -0.25) is 0 Å². The molecule has 2 aromatic heterocycles. The second-order valence-electron chi connectivity index (χ2n) is 19.7. The lowest BCUT2D eigenvalue weighted by Gasteiger charge is -2.61. The van der Waals surface area contributed by atoms with Gasteiger partial charge in [0.2, 0.25) is 0 Å². The fraction of sp³-hybridized carbons (Fsp3) is 0.161. The Balaban J connectivity index is 0.865. The maximum absolute atomic E-state index is 2.64. The molecule has 4 bridgehead atoms. The number of hydrogen-bond acceptors (Lipinski definition) is 0. The van der Waals surface area contributed by atoms with E-state index < -0.39 is 0 Å². The Kier molecular flexibility index (Phi) is 7.15. The average molecular weight is 819 g/mol. The molecule has 2 nitrogen and oxygen atoms in total. The molecule has 0 unspecified atom stereocenters. The Morgan fingerprint density at radius 2 is 0.859 bits per heavy atom. The van der Waals surface area contributed by atoms with Crippen molar-refractivity contribution in [2.24, 2.45) is 23.7 Å². The highest BCUT2D eigenvalue weighted by molar-refractivity contribution is 6.13. The zero-order chi connectivity index (χ0) is 41.7. The molecule has 5 aliphatic carbocycles. The van der Waals surface area contributed by atoms with Crippen LogP contribution in [0.25, 0.3) is 99.1 Å². The molecule has 0 aliphatic heterocycles. The van der Waals surface area contributed by atoms with E-state index in [1.165, 1.54) is 131 Å². The van der Waals surface area contributed by atoms with Crippen molar-refractivity contribution in [1.29, 1.82) is 0 Å². The molecule has 4 saturated carbocycles. The molecule has 9 aromatic carbocycles. The van der Waals surface area contributed by atoms with Gasteiger partial charge in [-0.2, -0.15) is 0 Å². The molecule has 16 rings (SSSR count). The zero-order valence-electron chi connectivity index (χ0n) is 35.7. The van der Waals surface area contributed by atoms with Crippen LogP contribution in [0.2, 0.25) is 0 Å². The Bertz CT molecular complexity index is 3730. The minimum absolute atomic E-state index is 0.142. The molecule has 5 aliphatic rings. The second kappa shape index (κ2) is 13.0. The summed E-state index contributed by atoms with van der Waals surface area (Å²) in [6.45, 7) is 0. The molecule has 0 saturated heterocycles. The van der Waals surface area contributed by atoms with Crippen molar-refractivity contribution in [2.45, 2.75) is 37.5 Å². The third-order valence-electron chi connectivity index (χ3n) is 16.7. The predicted octanol–water partition coefficient (Wildman–Crippen LogP) is 16.1. The monoisotopic (exact) mass is 818 g/mol. The van der Waals surface area contributed by atoms with Crippen LogP contribution in [0.5, 0.6) is 0 Å². The highest BCUT2D eigenvalue weighted by Gasteiger charge is 2.61. The maximum atomic E-state index is 2.64. The molecule has 1 spiro atoms. The van der Waals surface area contributed by atoms with E-state index in [0.717, 1.165) is 23.7 Å².